The third-order valence-corrected chi connectivity index (χ3v) is 6.37. The molecule has 0 bridgehead atoms. The molecule has 0 nitrogen and oxygen atoms in total. The van der Waals surface area contributed by atoms with Crippen LogP contribution in [0.25, 0.3) is 0 Å². The SMILES string of the molecule is CCCCCCC(=[C-][Si](C)(C)C)/C(=C/[Si](C)(C)C)CCCCCC.[Li+]. The molecular formula is C22H45LiSi2. The van der Waals surface area contributed by atoms with Crippen LogP contribution in [0.5, 0.6) is 0 Å². The predicted octanol–water partition coefficient (Wildman–Crippen LogP) is 5.34. The summed E-state index contributed by atoms with van der Waals surface area (Å²) in [6.07, 6.45) is 13.4. The van der Waals surface area contributed by atoms with Crippen molar-refractivity contribution in [2.75, 3.05) is 0 Å². The molecular weight excluding hydrogens is 327 g/mol. The van der Waals surface area contributed by atoms with Crippen molar-refractivity contribution in [3.05, 3.63) is 22.5 Å². The van der Waals surface area contributed by atoms with Crippen molar-refractivity contribution >= 4 is 16.1 Å². The molecule has 0 fully saturated rings. The molecule has 0 rings (SSSR count). The minimum atomic E-state index is -1.29. The van der Waals surface area contributed by atoms with E-state index in [1.807, 2.05) is 0 Å². The van der Waals surface area contributed by atoms with Gasteiger partial charge in [0.1, 0.15) is 0 Å². The van der Waals surface area contributed by atoms with Gasteiger partial charge in [-0.15, -0.1) is 0 Å². The van der Waals surface area contributed by atoms with Crippen molar-refractivity contribution in [3.63, 3.8) is 0 Å². The van der Waals surface area contributed by atoms with Crippen molar-refractivity contribution < 1.29 is 18.9 Å². The first-order chi connectivity index (χ1) is 11.1. The van der Waals surface area contributed by atoms with E-state index < -0.39 is 16.1 Å². The molecule has 0 saturated carbocycles. The van der Waals surface area contributed by atoms with Gasteiger partial charge in [-0.05, 0) is 8.07 Å². The van der Waals surface area contributed by atoms with E-state index in [1.54, 1.807) is 11.1 Å². The summed E-state index contributed by atoms with van der Waals surface area (Å²) >= 11 is 0. The average molecular weight is 373 g/mol. The Kier molecular flexibility index (Phi) is 16.1. The first-order valence-electron chi connectivity index (χ1n) is 10.4. The molecule has 0 saturated heterocycles. The molecule has 0 amide bonds. The Labute approximate surface area is 174 Å². The first-order valence-corrected chi connectivity index (χ1v) is 17.5. The fourth-order valence-electron chi connectivity index (χ4n) is 3.06. The largest absolute Gasteiger partial charge is 1.00 e. The first kappa shape index (κ1) is 27.7. The Morgan fingerprint density at radius 3 is 1.60 bits per heavy atom. The van der Waals surface area contributed by atoms with E-state index in [0.717, 1.165) is 0 Å². The van der Waals surface area contributed by atoms with E-state index in [1.165, 1.54) is 64.2 Å². The second kappa shape index (κ2) is 14.6. The molecule has 142 valence electrons. The Hall–Kier alpha value is 0.511. The van der Waals surface area contributed by atoms with E-state index in [-0.39, 0.29) is 18.9 Å². The van der Waals surface area contributed by atoms with Crippen LogP contribution in [0.3, 0.4) is 0 Å². The van der Waals surface area contributed by atoms with Gasteiger partial charge in [0.15, 0.2) is 0 Å². The van der Waals surface area contributed by atoms with Crippen LogP contribution in [-0.4, -0.2) is 16.1 Å². The Bertz CT molecular complexity index is 346. The predicted molar refractivity (Wildman–Crippen MR) is 119 cm³/mol. The Balaban J connectivity index is 0. The van der Waals surface area contributed by atoms with Gasteiger partial charge in [-0.25, -0.2) is 11.1 Å². The van der Waals surface area contributed by atoms with Crippen molar-refractivity contribution in [2.24, 2.45) is 0 Å². The van der Waals surface area contributed by atoms with Gasteiger partial charge in [0.2, 0.25) is 0 Å². The number of rotatable bonds is 13. The molecule has 0 radical (unpaired) electrons. The molecule has 0 aromatic heterocycles. The van der Waals surface area contributed by atoms with Crippen molar-refractivity contribution in [1.29, 1.82) is 0 Å². The van der Waals surface area contributed by atoms with E-state index in [0.29, 0.717) is 0 Å². The van der Waals surface area contributed by atoms with E-state index in [9.17, 15) is 0 Å². The molecule has 0 aliphatic carbocycles. The normalized spacial score (nSPS) is 13.8. The molecule has 0 unspecified atom stereocenters. The Morgan fingerprint density at radius 1 is 0.720 bits per heavy atom. The van der Waals surface area contributed by atoms with E-state index in [2.05, 4.69) is 64.5 Å². The smallest absolute Gasteiger partial charge is 0.276 e. The van der Waals surface area contributed by atoms with Gasteiger partial charge >= 0.3 is 18.9 Å². The number of hydrogen-bond acceptors (Lipinski definition) is 0. The Morgan fingerprint density at radius 2 is 1.20 bits per heavy atom. The zero-order chi connectivity index (χ0) is 18.6. The van der Waals surface area contributed by atoms with Gasteiger partial charge in [-0.3, -0.25) is 5.70 Å². The fraction of sp³-hybridized carbons (Fsp3) is 0.818. The quantitative estimate of drug-likeness (QED) is 0.177. The molecule has 0 aliphatic rings. The summed E-state index contributed by atoms with van der Waals surface area (Å²) in [7, 11) is -2.48. The summed E-state index contributed by atoms with van der Waals surface area (Å²) in [5, 5.41) is 0. The number of allylic oxidation sites excluding steroid dienone is 2. The van der Waals surface area contributed by atoms with Crippen LogP contribution >= 0.6 is 0 Å². The van der Waals surface area contributed by atoms with Gasteiger partial charge in [0.25, 0.3) is 0 Å². The van der Waals surface area contributed by atoms with Crippen molar-refractivity contribution in [2.45, 2.75) is 117 Å². The number of hydrogen-bond donors (Lipinski definition) is 0. The molecule has 25 heavy (non-hydrogen) atoms. The maximum atomic E-state index is 4.01. The van der Waals surface area contributed by atoms with Crippen molar-refractivity contribution in [1.82, 2.24) is 0 Å². The summed E-state index contributed by atoms with van der Waals surface area (Å²) in [5.41, 5.74) is 9.96. The second-order valence-corrected chi connectivity index (χ2v) is 19.3. The van der Waals surface area contributed by atoms with Crippen molar-refractivity contribution in [3.8, 4) is 0 Å². The molecule has 0 spiro atoms. The fourth-order valence-corrected chi connectivity index (χ4v) is 5.61. The summed E-state index contributed by atoms with van der Waals surface area (Å²) in [5.74, 6) is 0. The summed E-state index contributed by atoms with van der Waals surface area (Å²) in [6.45, 7) is 19.3. The maximum absolute atomic E-state index is 4.01. The summed E-state index contributed by atoms with van der Waals surface area (Å²) in [4.78, 5) is 0. The van der Waals surface area contributed by atoms with Crippen LogP contribution in [-0.2, 0) is 0 Å². The van der Waals surface area contributed by atoms with Gasteiger partial charge in [-0.1, -0.05) is 117 Å². The third kappa shape index (κ3) is 17.7. The minimum Gasteiger partial charge on any atom is -0.276 e. The number of unbranched alkanes of at least 4 members (excludes halogenated alkanes) is 6. The van der Waals surface area contributed by atoms with Crippen LogP contribution in [0, 0.1) is 5.70 Å². The van der Waals surface area contributed by atoms with Crippen LogP contribution in [0.1, 0.15) is 78.1 Å². The van der Waals surface area contributed by atoms with Gasteiger partial charge in [-0.2, -0.15) is 5.70 Å². The minimum absolute atomic E-state index is 0. The molecule has 0 aromatic carbocycles. The summed E-state index contributed by atoms with van der Waals surface area (Å²) in [6, 6.07) is 0. The zero-order valence-corrected chi connectivity index (χ0v) is 21.1. The van der Waals surface area contributed by atoms with Gasteiger partial charge in [0, 0.05) is 0 Å². The summed E-state index contributed by atoms with van der Waals surface area (Å²) < 4.78 is 0. The third-order valence-electron chi connectivity index (χ3n) is 4.10. The van der Waals surface area contributed by atoms with E-state index >= 15 is 0 Å². The topological polar surface area (TPSA) is 0 Å². The van der Waals surface area contributed by atoms with Crippen LogP contribution < -0.4 is 18.9 Å². The maximum Gasteiger partial charge on any atom is 1.00 e. The second-order valence-electron chi connectivity index (χ2n) is 9.51. The standard InChI is InChI=1S/C22H45Si2.Li/c1-9-11-13-15-17-21(19-23(3,4)5)22(20-24(6,7)8)18-16-14-12-10-2;/h19H,9-18H2,1-8H3;/q-1;+1/b21-19+;. The molecule has 0 aliphatic heterocycles. The van der Waals surface area contributed by atoms with Crippen LogP contribution in [0.4, 0.5) is 0 Å². The molecule has 0 aromatic rings. The molecule has 3 heteroatoms. The monoisotopic (exact) mass is 372 g/mol. The van der Waals surface area contributed by atoms with Gasteiger partial charge in [0.05, 0.1) is 8.07 Å². The molecule has 0 atom stereocenters. The average Bonchev–Trinajstić information content (AvgIpc) is 2.43. The van der Waals surface area contributed by atoms with Crippen LogP contribution in [0.15, 0.2) is 16.8 Å². The zero-order valence-electron chi connectivity index (χ0n) is 19.1. The van der Waals surface area contributed by atoms with E-state index in [4.69, 9.17) is 0 Å². The molecule has 0 heterocycles. The molecule has 0 N–H and O–H groups in total. The van der Waals surface area contributed by atoms with Gasteiger partial charge < -0.3 is 0 Å². The van der Waals surface area contributed by atoms with Crippen LogP contribution in [0.2, 0.25) is 39.3 Å².